The van der Waals surface area contributed by atoms with E-state index < -0.39 is 12.0 Å². The summed E-state index contributed by atoms with van der Waals surface area (Å²) in [6.45, 7) is 0.396. The number of anilines is 1. The molecule has 1 amide bonds. The number of methoxy groups -OCH3 is 2. The molecule has 0 aromatic heterocycles. The Labute approximate surface area is 111 Å². The van der Waals surface area contributed by atoms with Gasteiger partial charge in [0.25, 0.3) is 0 Å². The van der Waals surface area contributed by atoms with E-state index in [1.165, 1.54) is 14.2 Å². The fourth-order valence-electron chi connectivity index (χ4n) is 1.48. The van der Waals surface area contributed by atoms with Crippen molar-refractivity contribution in [2.75, 3.05) is 26.1 Å². The summed E-state index contributed by atoms with van der Waals surface area (Å²) in [4.78, 5) is 23.4. The van der Waals surface area contributed by atoms with Gasteiger partial charge in [-0.25, -0.2) is 4.79 Å². The highest BCUT2D eigenvalue weighted by Gasteiger charge is 2.17. The van der Waals surface area contributed by atoms with Crippen LogP contribution in [0.2, 0.25) is 0 Å². The van der Waals surface area contributed by atoms with E-state index in [0.717, 1.165) is 0 Å². The fraction of sp³-hybridized carbons (Fsp3) is 0.385. The minimum absolute atomic E-state index is 0.289. The van der Waals surface area contributed by atoms with Crippen LogP contribution in [0, 0.1) is 0 Å². The zero-order valence-electron chi connectivity index (χ0n) is 11.0. The lowest BCUT2D eigenvalue weighted by Crippen LogP contribution is -2.36. The van der Waals surface area contributed by atoms with Crippen molar-refractivity contribution in [1.29, 1.82) is 0 Å². The summed E-state index contributed by atoms with van der Waals surface area (Å²) in [5.74, 6) is -0.880. The number of hydrogen-bond donors (Lipinski definition) is 2. The molecule has 0 fully saturated rings. The molecule has 6 heteroatoms. The maximum Gasteiger partial charge on any atom is 0.339 e. The van der Waals surface area contributed by atoms with Crippen molar-refractivity contribution in [3.8, 4) is 0 Å². The fourth-order valence-corrected chi connectivity index (χ4v) is 1.48. The molecule has 0 aliphatic carbocycles. The maximum absolute atomic E-state index is 11.8. The van der Waals surface area contributed by atoms with Crippen molar-refractivity contribution in [3.05, 3.63) is 29.8 Å². The van der Waals surface area contributed by atoms with Crippen molar-refractivity contribution < 1.29 is 19.1 Å². The molecule has 1 unspecified atom stereocenters. The number of benzene rings is 1. The van der Waals surface area contributed by atoms with Crippen LogP contribution in [0.4, 0.5) is 5.69 Å². The van der Waals surface area contributed by atoms with Gasteiger partial charge in [0.05, 0.1) is 24.4 Å². The molecule has 1 rings (SSSR count). The lowest BCUT2D eigenvalue weighted by molar-refractivity contribution is -0.117. The number of nitrogens with one attached hydrogen (secondary N) is 1. The molecule has 0 saturated carbocycles. The van der Waals surface area contributed by atoms with E-state index in [0.29, 0.717) is 18.7 Å². The molecule has 0 aliphatic rings. The zero-order valence-corrected chi connectivity index (χ0v) is 11.0. The van der Waals surface area contributed by atoms with Gasteiger partial charge in [0.15, 0.2) is 0 Å². The topological polar surface area (TPSA) is 90.6 Å². The monoisotopic (exact) mass is 266 g/mol. The maximum atomic E-state index is 11.8. The third-order valence-electron chi connectivity index (χ3n) is 2.56. The van der Waals surface area contributed by atoms with Gasteiger partial charge in [-0.05, 0) is 18.6 Å². The zero-order chi connectivity index (χ0) is 14.3. The average molecular weight is 266 g/mol. The van der Waals surface area contributed by atoms with Gasteiger partial charge in [0, 0.05) is 13.7 Å². The highest BCUT2D eigenvalue weighted by molar-refractivity contribution is 6.02. The van der Waals surface area contributed by atoms with Gasteiger partial charge in [0.2, 0.25) is 5.91 Å². The first-order chi connectivity index (χ1) is 9.10. The van der Waals surface area contributed by atoms with Gasteiger partial charge in [-0.2, -0.15) is 0 Å². The Morgan fingerprint density at radius 3 is 2.63 bits per heavy atom. The van der Waals surface area contributed by atoms with Gasteiger partial charge >= 0.3 is 5.97 Å². The SMILES string of the molecule is COCCC(N)C(=O)Nc1ccccc1C(=O)OC. The number of rotatable bonds is 6. The Bertz CT molecular complexity index is 448. The van der Waals surface area contributed by atoms with Gasteiger partial charge in [-0.15, -0.1) is 0 Å². The van der Waals surface area contributed by atoms with Crippen LogP contribution in [0.1, 0.15) is 16.8 Å². The molecule has 3 N–H and O–H groups in total. The molecular formula is C13H18N2O4. The number of ether oxygens (including phenoxy) is 2. The molecule has 1 aromatic rings. The minimum Gasteiger partial charge on any atom is -0.465 e. The Hall–Kier alpha value is -1.92. The van der Waals surface area contributed by atoms with Crippen LogP contribution in [-0.2, 0) is 14.3 Å². The van der Waals surface area contributed by atoms with Crippen LogP contribution in [0.15, 0.2) is 24.3 Å². The van der Waals surface area contributed by atoms with E-state index in [1.807, 2.05) is 0 Å². The van der Waals surface area contributed by atoms with Crippen LogP contribution in [0.25, 0.3) is 0 Å². The lowest BCUT2D eigenvalue weighted by atomic mass is 10.1. The second-order valence-corrected chi connectivity index (χ2v) is 3.91. The minimum atomic E-state index is -0.689. The van der Waals surface area contributed by atoms with Crippen molar-refractivity contribution in [2.24, 2.45) is 5.73 Å². The van der Waals surface area contributed by atoms with Gasteiger partial charge in [-0.1, -0.05) is 12.1 Å². The third-order valence-corrected chi connectivity index (χ3v) is 2.56. The van der Waals surface area contributed by atoms with E-state index in [1.54, 1.807) is 24.3 Å². The molecule has 6 nitrogen and oxygen atoms in total. The van der Waals surface area contributed by atoms with Crippen LogP contribution in [0.5, 0.6) is 0 Å². The number of carbonyl (C=O) groups is 2. The number of esters is 1. The van der Waals surface area contributed by atoms with Crippen LogP contribution >= 0.6 is 0 Å². The molecule has 104 valence electrons. The first kappa shape index (κ1) is 15.1. The smallest absolute Gasteiger partial charge is 0.339 e. The van der Waals surface area contributed by atoms with Crippen LogP contribution in [0.3, 0.4) is 0 Å². The standard InChI is InChI=1S/C13H18N2O4/c1-18-8-7-10(14)12(16)15-11-6-4-3-5-9(11)13(17)19-2/h3-6,10H,7-8,14H2,1-2H3,(H,15,16). The van der Waals surface area contributed by atoms with Crippen molar-refractivity contribution in [1.82, 2.24) is 0 Å². The highest BCUT2D eigenvalue weighted by Crippen LogP contribution is 2.16. The molecule has 0 heterocycles. The summed E-state index contributed by atoms with van der Waals surface area (Å²) in [6.07, 6.45) is 0.405. The highest BCUT2D eigenvalue weighted by atomic mass is 16.5. The largest absolute Gasteiger partial charge is 0.465 e. The summed E-state index contributed by atoms with van der Waals surface area (Å²) < 4.78 is 9.50. The predicted molar refractivity (Wildman–Crippen MR) is 70.9 cm³/mol. The number of amides is 1. The Morgan fingerprint density at radius 2 is 2.00 bits per heavy atom. The number of para-hydroxylation sites is 1. The molecule has 0 saturated heterocycles. The molecule has 0 bridgehead atoms. The second-order valence-electron chi connectivity index (χ2n) is 3.91. The summed E-state index contributed by atoms with van der Waals surface area (Å²) in [6, 6.07) is 5.90. The number of hydrogen-bond acceptors (Lipinski definition) is 5. The van der Waals surface area contributed by atoms with Crippen molar-refractivity contribution >= 4 is 17.6 Å². The van der Waals surface area contributed by atoms with E-state index in [-0.39, 0.29) is 11.5 Å². The van der Waals surface area contributed by atoms with Crippen molar-refractivity contribution in [3.63, 3.8) is 0 Å². The Morgan fingerprint density at radius 1 is 1.32 bits per heavy atom. The second kappa shape index (κ2) is 7.50. The summed E-state index contributed by atoms with van der Waals surface area (Å²) in [5.41, 5.74) is 6.37. The quantitative estimate of drug-likeness (QED) is 0.742. The molecule has 0 aliphatic heterocycles. The molecule has 0 radical (unpaired) electrons. The van der Waals surface area contributed by atoms with E-state index >= 15 is 0 Å². The van der Waals surface area contributed by atoms with Crippen molar-refractivity contribution in [2.45, 2.75) is 12.5 Å². The van der Waals surface area contributed by atoms with Gasteiger partial charge in [0.1, 0.15) is 0 Å². The number of nitrogens with two attached hydrogens (primary N) is 1. The molecule has 0 spiro atoms. The first-order valence-electron chi connectivity index (χ1n) is 5.83. The molecular weight excluding hydrogens is 248 g/mol. The van der Waals surface area contributed by atoms with Crippen LogP contribution in [-0.4, -0.2) is 38.7 Å². The summed E-state index contributed by atoms with van der Waals surface area (Å²) in [7, 11) is 2.82. The number of carbonyl (C=O) groups excluding carboxylic acids is 2. The van der Waals surface area contributed by atoms with Gasteiger partial charge < -0.3 is 20.5 Å². The predicted octanol–water partition coefficient (Wildman–Crippen LogP) is 0.775. The Balaban J connectivity index is 2.76. The molecule has 19 heavy (non-hydrogen) atoms. The van der Waals surface area contributed by atoms with Gasteiger partial charge in [-0.3, -0.25) is 4.79 Å². The average Bonchev–Trinajstić information content (AvgIpc) is 2.44. The molecule has 1 atom stereocenters. The Kier molecular flexibility index (Phi) is 5.98. The summed E-state index contributed by atoms with van der Waals surface area (Å²) >= 11 is 0. The lowest BCUT2D eigenvalue weighted by Gasteiger charge is -2.13. The van der Waals surface area contributed by atoms with E-state index in [2.05, 4.69) is 10.1 Å². The third kappa shape index (κ3) is 4.35. The first-order valence-corrected chi connectivity index (χ1v) is 5.83. The molecule has 1 aromatic carbocycles. The normalized spacial score (nSPS) is 11.7. The van der Waals surface area contributed by atoms with E-state index in [4.69, 9.17) is 10.5 Å². The summed E-state index contributed by atoms with van der Waals surface area (Å²) in [5, 5.41) is 2.61. The van der Waals surface area contributed by atoms with E-state index in [9.17, 15) is 9.59 Å². The van der Waals surface area contributed by atoms with Crippen LogP contribution < -0.4 is 11.1 Å².